The second-order valence-corrected chi connectivity index (χ2v) is 10.8. The van der Waals surface area contributed by atoms with Gasteiger partial charge in [0.05, 0.1) is 0 Å². The van der Waals surface area contributed by atoms with E-state index in [2.05, 4.69) is 51.2 Å². The van der Waals surface area contributed by atoms with Crippen LogP contribution >= 0.6 is 11.8 Å². The van der Waals surface area contributed by atoms with E-state index < -0.39 is 12.0 Å². The number of amides is 1. The molecule has 0 radical (unpaired) electrons. The molecule has 0 saturated heterocycles. The molecule has 198 valence electrons. The van der Waals surface area contributed by atoms with Crippen molar-refractivity contribution in [2.75, 3.05) is 11.5 Å². The zero-order valence-electron chi connectivity index (χ0n) is 22.6. The Labute approximate surface area is 227 Å². The quantitative estimate of drug-likeness (QED) is 0.188. The fraction of sp³-hybridized carbons (Fsp3) is 0.375. The Morgan fingerprint density at radius 2 is 1.49 bits per heavy atom. The maximum Gasteiger partial charge on any atom is 0.327 e. The van der Waals surface area contributed by atoms with E-state index in [1.165, 1.54) is 28.5 Å². The molecular weight excluding hydrogens is 478 g/mol. The minimum Gasteiger partial charge on any atom is -0.480 e. The van der Waals surface area contributed by atoms with Gasteiger partial charge in [0.1, 0.15) is 6.04 Å². The van der Waals surface area contributed by atoms with Crippen molar-refractivity contribution in [1.82, 2.24) is 5.32 Å². The minimum atomic E-state index is -1.02. The Morgan fingerprint density at radius 1 is 0.865 bits per heavy atom. The summed E-state index contributed by atoms with van der Waals surface area (Å²) in [5.41, 5.74) is 6.58. The Hall–Kier alpha value is -3.05. The summed E-state index contributed by atoms with van der Waals surface area (Å²) in [5.74, 6) is -0.331. The predicted molar refractivity (Wildman–Crippen MR) is 157 cm³/mol. The molecule has 0 fully saturated rings. The first kappa shape index (κ1) is 30.2. The second-order valence-electron chi connectivity index (χ2n) is 9.68. The number of rotatable bonds is 15. The van der Waals surface area contributed by atoms with E-state index in [-0.39, 0.29) is 5.91 Å². The molecule has 1 amide bonds. The van der Waals surface area contributed by atoms with Crippen LogP contribution in [-0.2, 0) is 11.2 Å². The number of nitrogens with one attached hydrogen (secondary N) is 1. The second kappa shape index (κ2) is 16.6. The molecule has 0 aromatic heterocycles. The van der Waals surface area contributed by atoms with Gasteiger partial charge in [0.2, 0.25) is 0 Å². The van der Waals surface area contributed by atoms with Crippen LogP contribution in [0.25, 0.3) is 0 Å². The van der Waals surface area contributed by atoms with E-state index in [0.29, 0.717) is 17.7 Å². The molecule has 2 aromatic rings. The number of hydrogen-bond acceptors (Lipinski definition) is 3. The lowest BCUT2D eigenvalue weighted by atomic mass is 9.99. The lowest BCUT2D eigenvalue weighted by Crippen LogP contribution is -2.43. The third-order valence-corrected chi connectivity index (χ3v) is 7.03. The summed E-state index contributed by atoms with van der Waals surface area (Å²) in [7, 11) is 0. The van der Waals surface area contributed by atoms with E-state index >= 15 is 0 Å². The number of allylic oxidation sites excluding steroid dienone is 5. The summed E-state index contributed by atoms with van der Waals surface area (Å²) in [6, 6.07) is 16.4. The molecule has 0 unspecified atom stereocenters. The Balaban J connectivity index is 1.83. The highest BCUT2D eigenvalue weighted by Crippen LogP contribution is 2.16. The minimum absolute atomic E-state index is 0.315. The van der Waals surface area contributed by atoms with Crippen molar-refractivity contribution in [3.63, 3.8) is 0 Å². The summed E-state index contributed by atoms with van der Waals surface area (Å²) >= 11 is 1.52. The van der Waals surface area contributed by atoms with Crippen LogP contribution in [0.4, 0.5) is 0 Å². The number of carboxylic acid groups (broad SMARTS) is 1. The van der Waals surface area contributed by atoms with Crippen molar-refractivity contribution in [3.8, 4) is 0 Å². The van der Waals surface area contributed by atoms with Gasteiger partial charge in [-0.1, -0.05) is 83.5 Å². The van der Waals surface area contributed by atoms with Crippen molar-refractivity contribution < 1.29 is 14.7 Å². The lowest BCUT2D eigenvalue weighted by molar-refractivity contribution is -0.138. The van der Waals surface area contributed by atoms with Crippen molar-refractivity contribution in [2.45, 2.75) is 65.8 Å². The Bertz CT molecular complexity index is 1100. The van der Waals surface area contributed by atoms with Gasteiger partial charge in [0.15, 0.2) is 0 Å². The van der Waals surface area contributed by atoms with Gasteiger partial charge in [0.25, 0.3) is 5.91 Å². The third-order valence-electron chi connectivity index (χ3n) is 6.06. The van der Waals surface area contributed by atoms with Crippen molar-refractivity contribution in [2.24, 2.45) is 0 Å². The van der Waals surface area contributed by atoms with E-state index in [4.69, 9.17) is 0 Å². The molecule has 0 aliphatic carbocycles. The van der Waals surface area contributed by atoms with Gasteiger partial charge in [0, 0.05) is 17.1 Å². The van der Waals surface area contributed by atoms with Crippen LogP contribution in [0.3, 0.4) is 0 Å². The first-order chi connectivity index (χ1) is 17.8. The van der Waals surface area contributed by atoms with E-state index in [1.807, 2.05) is 42.5 Å². The highest BCUT2D eigenvalue weighted by atomic mass is 32.2. The smallest absolute Gasteiger partial charge is 0.327 e. The lowest BCUT2D eigenvalue weighted by Gasteiger charge is -2.16. The van der Waals surface area contributed by atoms with Gasteiger partial charge < -0.3 is 10.4 Å². The molecule has 2 N–H and O–H groups in total. The average molecular weight is 520 g/mol. The van der Waals surface area contributed by atoms with Gasteiger partial charge in [-0.05, 0) is 77.0 Å². The van der Waals surface area contributed by atoms with Gasteiger partial charge in [-0.25, -0.2) is 4.79 Å². The Kier molecular flexibility index (Phi) is 13.6. The van der Waals surface area contributed by atoms with Crippen LogP contribution in [0.2, 0.25) is 0 Å². The number of benzene rings is 2. The molecule has 0 aliphatic rings. The first-order valence-corrected chi connectivity index (χ1v) is 14.1. The van der Waals surface area contributed by atoms with E-state index in [0.717, 1.165) is 42.6 Å². The molecule has 2 aromatic carbocycles. The molecule has 37 heavy (non-hydrogen) atoms. The van der Waals surface area contributed by atoms with Crippen LogP contribution in [0.15, 0.2) is 89.5 Å². The number of carbonyl (C=O) groups is 2. The number of thioether (sulfide) groups is 1. The number of carbonyl (C=O) groups excluding carboxylic acids is 1. The van der Waals surface area contributed by atoms with E-state index in [9.17, 15) is 14.7 Å². The topological polar surface area (TPSA) is 66.4 Å². The maximum absolute atomic E-state index is 13.0. The summed E-state index contributed by atoms with van der Waals surface area (Å²) in [6.07, 6.45) is 11.6. The molecule has 0 heterocycles. The average Bonchev–Trinajstić information content (AvgIpc) is 2.86. The third kappa shape index (κ3) is 12.2. The van der Waals surface area contributed by atoms with Gasteiger partial charge in [-0.2, -0.15) is 11.8 Å². The molecule has 0 aliphatic heterocycles. The fourth-order valence-electron chi connectivity index (χ4n) is 3.85. The van der Waals surface area contributed by atoms with Gasteiger partial charge in [-0.15, -0.1) is 0 Å². The monoisotopic (exact) mass is 519 g/mol. The largest absolute Gasteiger partial charge is 0.480 e. The fourth-order valence-corrected chi connectivity index (χ4v) is 4.85. The van der Waals surface area contributed by atoms with Crippen LogP contribution in [0.1, 0.15) is 74.9 Å². The van der Waals surface area contributed by atoms with Gasteiger partial charge >= 0.3 is 5.97 Å². The zero-order valence-corrected chi connectivity index (χ0v) is 23.4. The van der Waals surface area contributed by atoms with Crippen LogP contribution in [0, 0.1) is 0 Å². The molecule has 2 rings (SSSR count). The number of aliphatic carboxylic acids is 1. The molecule has 5 heteroatoms. The summed E-state index contributed by atoms with van der Waals surface area (Å²) in [5, 5.41) is 12.4. The SMILES string of the molecule is CC(C)=CCC/C(C)=C/CC/C(C)=C/CSC[C@H](NC(=O)c1ccccc1Cc1ccccc1)C(=O)O. The van der Waals surface area contributed by atoms with Crippen molar-refractivity contribution >= 4 is 23.6 Å². The molecule has 1 atom stereocenters. The zero-order chi connectivity index (χ0) is 27.0. The molecule has 0 saturated carbocycles. The molecule has 4 nitrogen and oxygen atoms in total. The molecular formula is C32H41NO3S. The highest BCUT2D eigenvalue weighted by Gasteiger charge is 2.21. The van der Waals surface area contributed by atoms with Crippen LogP contribution < -0.4 is 5.32 Å². The van der Waals surface area contributed by atoms with Crippen LogP contribution in [-0.4, -0.2) is 34.5 Å². The van der Waals surface area contributed by atoms with Gasteiger partial charge in [-0.3, -0.25) is 4.79 Å². The summed E-state index contributed by atoms with van der Waals surface area (Å²) in [6.45, 7) is 8.56. The standard InChI is InChI=1S/C32H41NO3S/c1-24(2)12-10-13-25(3)14-11-15-26(4)20-21-37-23-30(32(35)36)33-31(34)29-19-9-8-18-28(29)22-27-16-6-5-7-17-27/h5-9,12,14,16-20,30H,10-11,13,15,21-23H2,1-4H3,(H,33,34)(H,35,36)/b25-14+,26-20+/t30-/m0/s1. The van der Waals surface area contributed by atoms with Crippen molar-refractivity contribution in [3.05, 3.63) is 106 Å². The summed E-state index contributed by atoms with van der Waals surface area (Å²) in [4.78, 5) is 24.8. The molecule has 0 spiro atoms. The highest BCUT2D eigenvalue weighted by molar-refractivity contribution is 7.99. The molecule has 0 bridgehead atoms. The summed E-state index contributed by atoms with van der Waals surface area (Å²) < 4.78 is 0. The van der Waals surface area contributed by atoms with Crippen LogP contribution in [0.5, 0.6) is 0 Å². The maximum atomic E-state index is 13.0. The number of carboxylic acids is 1. The number of hydrogen-bond donors (Lipinski definition) is 2. The predicted octanol–water partition coefficient (Wildman–Crippen LogP) is 7.61. The normalized spacial score (nSPS) is 12.6. The Morgan fingerprint density at radius 3 is 2.16 bits per heavy atom. The van der Waals surface area contributed by atoms with Crippen molar-refractivity contribution in [1.29, 1.82) is 0 Å². The first-order valence-electron chi connectivity index (χ1n) is 12.9. The van der Waals surface area contributed by atoms with E-state index in [1.54, 1.807) is 12.1 Å².